The van der Waals surface area contributed by atoms with Crippen molar-refractivity contribution in [3.63, 3.8) is 0 Å². The van der Waals surface area contributed by atoms with Crippen LogP contribution in [0.3, 0.4) is 0 Å². The first-order valence-corrected chi connectivity index (χ1v) is 1.05. The average molecular weight is 77.1 g/mol. The molecule has 0 amide bonds. The van der Waals surface area contributed by atoms with Crippen molar-refractivity contribution in [1.29, 1.82) is 0 Å². The van der Waals surface area contributed by atoms with Gasteiger partial charge in [-0.2, -0.15) is 0 Å². The van der Waals surface area contributed by atoms with Crippen LogP contribution in [0.15, 0.2) is 0 Å². The van der Waals surface area contributed by atoms with Crippen LogP contribution in [-0.4, -0.2) is 12.1 Å². The monoisotopic (exact) mass is 77.0 g/mol. The van der Waals surface area contributed by atoms with Gasteiger partial charge in [0.1, 0.15) is 0 Å². The zero-order chi connectivity index (χ0) is 4.12. The summed E-state index contributed by atoms with van der Waals surface area (Å²) in [6.45, 7) is -0.167. The summed E-state index contributed by atoms with van der Waals surface area (Å²) in [5.74, 6) is 0. The van der Waals surface area contributed by atoms with E-state index >= 15 is 0 Å². The van der Waals surface area contributed by atoms with Crippen LogP contribution in [0.2, 0.25) is 0 Å². The molecule has 0 aromatic rings. The minimum Gasteiger partial charge on any atom is -0.350 e. The van der Waals surface area contributed by atoms with Gasteiger partial charge in [-0.1, -0.05) is 0 Å². The van der Waals surface area contributed by atoms with Gasteiger partial charge in [-0.25, -0.2) is 10.1 Å². The maximum atomic E-state index is 7.40. The summed E-state index contributed by atoms with van der Waals surface area (Å²) in [7, 11) is 2.89. The summed E-state index contributed by atoms with van der Waals surface area (Å²) >= 11 is 0. The molecule has 3 nitrogen and oxygen atoms in total. The van der Waals surface area contributed by atoms with Crippen molar-refractivity contribution in [2.24, 2.45) is 0 Å². The maximum absolute atomic E-state index is 7.40. The first-order chi connectivity index (χ1) is 2.41. The third-order valence-corrected chi connectivity index (χ3v) is 0.136. The van der Waals surface area contributed by atoms with Crippen molar-refractivity contribution in [1.82, 2.24) is 0 Å². The van der Waals surface area contributed by atoms with E-state index in [1.165, 1.54) is 0 Å². The Hall–Kier alpha value is -0.120. The SMILES string of the molecule is [CH2]OCOO. The molecule has 0 bridgehead atoms. The highest BCUT2D eigenvalue weighted by atomic mass is 17.1. The van der Waals surface area contributed by atoms with Crippen molar-refractivity contribution < 1.29 is 14.9 Å². The number of rotatable bonds is 2. The molecule has 3 heteroatoms. The predicted octanol–water partition coefficient (Wildman–Crippen LogP) is 0.242. The minimum atomic E-state index is -0.167. The molecule has 1 radical (unpaired) electrons. The van der Waals surface area contributed by atoms with E-state index in [9.17, 15) is 0 Å². The molecule has 0 unspecified atom stereocenters. The van der Waals surface area contributed by atoms with E-state index in [2.05, 4.69) is 16.7 Å². The zero-order valence-corrected chi connectivity index (χ0v) is 2.68. The van der Waals surface area contributed by atoms with Crippen molar-refractivity contribution >= 4 is 0 Å². The molecule has 0 atom stereocenters. The molecule has 1 N–H and O–H groups in total. The molecule has 0 aliphatic carbocycles. The molecular formula is C2H5O3. The lowest BCUT2D eigenvalue weighted by Crippen LogP contribution is -1.86. The number of hydrogen-bond acceptors (Lipinski definition) is 3. The van der Waals surface area contributed by atoms with Crippen LogP contribution >= 0.6 is 0 Å². The van der Waals surface area contributed by atoms with Crippen molar-refractivity contribution in [2.75, 3.05) is 6.79 Å². The van der Waals surface area contributed by atoms with E-state index in [1.54, 1.807) is 0 Å². The molecule has 5 heavy (non-hydrogen) atoms. The summed E-state index contributed by atoms with van der Waals surface area (Å²) < 4.78 is 3.97. The summed E-state index contributed by atoms with van der Waals surface area (Å²) in [4.78, 5) is 3.41. The summed E-state index contributed by atoms with van der Waals surface area (Å²) in [6.07, 6.45) is 0. The fourth-order valence-electron chi connectivity index (χ4n) is 0.0373. The lowest BCUT2D eigenvalue weighted by atomic mass is 11.4. The van der Waals surface area contributed by atoms with E-state index in [4.69, 9.17) is 5.26 Å². The molecular weight excluding hydrogens is 72.0 g/mol. The van der Waals surface area contributed by atoms with Gasteiger partial charge in [0.2, 0.25) is 0 Å². The molecule has 31 valence electrons. The highest BCUT2D eigenvalue weighted by Crippen LogP contribution is 1.62. The van der Waals surface area contributed by atoms with Gasteiger partial charge in [0.05, 0.1) is 7.11 Å². The second-order valence-corrected chi connectivity index (χ2v) is 0.451. The van der Waals surface area contributed by atoms with Crippen molar-refractivity contribution in [3.05, 3.63) is 7.11 Å². The van der Waals surface area contributed by atoms with Crippen molar-refractivity contribution in [3.8, 4) is 0 Å². The molecule has 0 aliphatic heterocycles. The first kappa shape index (κ1) is 4.88. The summed E-state index contributed by atoms with van der Waals surface area (Å²) in [5, 5.41) is 7.40. The zero-order valence-electron chi connectivity index (χ0n) is 2.68. The number of ether oxygens (including phenoxy) is 1. The average Bonchev–Trinajstić information content (AvgIpc) is 1.41. The summed E-state index contributed by atoms with van der Waals surface area (Å²) in [5.41, 5.74) is 0. The summed E-state index contributed by atoms with van der Waals surface area (Å²) in [6, 6.07) is 0. The molecule has 0 saturated heterocycles. The van der Waals surface area contributed by atoms with E-state index < -0.39 is 0 Å². The van der Waals surface area contributed by atoms with E-state index in [0.717, 1.165) is 0 Å². The fourth-order valence-corrected chi connectivity index (χ4v) is 0.0373. The van der Waals surface area contributed by atoms with Gasteiger partial charge in [-0.15, -0.1) is 0 Å². The lowest BCUT2D eigenvalue weighted by molar-refractivity contribution is -0.286. The lowest BCUT2D eigenvalue weighted by Gasteiger charge is -1.84. The van der Waals surface area contributed by atoms with E-state index in [1.807, 2.05) is 0 Å². The van der Waals surface area contributed by atoms with Crippen LogP contribution in [0, 0.1) is 7.11 Å². The third kappa shape index (κ3) is 3.88. The Balaban J connectivity index is 2.19. The van der Waals surface area contributed by atoms with E-state index in [-0.39, 0.29) is 6.79 Å². The third-order valence-electron chi connectivity index (χ3n) is 0.136. The van der Waals surface area contributed by atoms with Gasteiger partial charge in [-0.05, 0) is 0 Å². The Kier molecular flexibility index (Phi) is 3.79. The molecule has 0 saturated carbocycles. The van der Waals surface area contributed by atoms with Gasteiger partial charge >= 0.3 is 0 Å². The van der Waals surface area contributed by atoms with Gasteiger partial charge in [0, 0.05) is 0 Å². The predicted molar refractivity (Wildman–Crippen MR) is 15.0 cm³/mol. The Morgan fingerprint density at radius 2 is 2.40 bits per heavy atom. The molecule has 0 fully saturated rings. The van der Waals surface area contributed by atoms with Crippen LogP contribution in [0.1, 0.15) is 0 Å². The van der Waals surface area contributed by atoms with Gasteiger partial charge in [0.25, 0.3) is 0 Å². The Bertz CT molecular complexity index is 12.4. The Morgan fingerprint density at radius 1 is 1.80 bits per heavy atom. The van der Waals surface area contributed by atoms with Gasteiger partial charge < -0.3 is 4.74 Å². The first-order valence-electron chi connectivity index (χ1n) is 1.05. The molecule has 0 aromatic heterocycles. The van der Waals surface area contributed by atoms with E-state index in [0.29, 0.717) is 0 Å². The number of hydrogen-bond donors (Lipinski definition) is 1. The second-order valence-electron chi connectivity index (χ2n) is 0.451. The Morgan fingerprint density at radius 3 is 2.40 bits per heavy atom. The van der Waals surface area contributed by atoms with Crippen LogP contribution < -0.4 is 0 Å². The van der Waals surface area contributed by atoms with Gasteiger partial charge in [-0.3, -0.25) is 0 Å². The molecule has 0 spiro atoms. The largest absolute Gasteiger partial charge is 0.350 e. The van der Waals surface area contributed by atoms with Crippen LogP contribution in [-0.2, 0) is 9.62 Å². The highest BCUT2D eigenvalue weighted by molar-refractivity contribution is 3.91. The smallest absolute Gasteiger partial charge is 0.180 e. The maximum Gasteiger partial charge on any atom is 0.180 e. The molecule has 0 rings (SSSR count). The fraction of sp³-hybridized carbons (Fsp3) is 0.500. The van der Waals surface area contributed by atoms with Crippen LogP contribution in [0.4, 0.5) is 0 Å². The molecule has 0 heterocycles. The highest BCUT2D eigenvalue weighted by Gasteiger charge is 1.66. The van der Waals surface area contributed by atoms with Crippen LogP contribution in [0.5, 0.6) is 0 Å². The molecule has 0 aromatic carbocycles. The Labute approximate surface area is 30.1 Å². The quantitative estimate of drug-likeness (QED) is 0.291. The van der Waals surface area contributed by atoms with Crippen molar-refractivity contribution in [2.45, 2.75) is 0 Å². The molecule has 0 aliphatic rings. The van der Waals surface area contributed by atoms with Crippen LogP contribution in [0.25, 0.3) is 0 Å². The normalized spacial score (nSPS) is 8.40. The second kappa shape index (κ2) is 3.88. The standard InChI is InChI=1S/C2H5O3/c1-4-2-5-3/h3H,1-2H2. The van der Waals surface area contributed by atoms with Gasteiger partial charge in [0.15, 0.2) is 6.79 Å². The topological polar surface area (TPSA) is 38.7 Å². The minimum absolute atomic E-state index is 0.167.